The fourth-order valence-corrected chi connectivity index (χ4v) is 10.3. The zero-order chi connectivity index (χ0) is 35.7. The van der Waals surface area contributed by atoms with E-state index in [0.717, 1.165) is 99.9 Å². The van der Waals surface area contributed by atoms with Gasteiger partial charge in [-0.05, 0) is 112 Å². The summed E-state index contributed by atoms with van der Waals surface area (Å²) in [7, 11) is -0.0954. The summed E-state index contributed by atoms with van der Waals surface area (Å²) in [4.78, 5) is 26.4. The largest absolute Gasteiger partial charge is 0.616 e. The van der Waals surface area contributed by atoms with E-state index >= 15 is 0 Å². The monoisotopic (exact) mass is 732 g/mol. The van der Waals surface area contributed by atoms with Gasteiger partial charge in [0.15, 0.2) is 0 Å². The van der Waals surface area contributed by atoms with Gasteiger partial charge in [0, 0.05) is 61.0 Å². The summed E-state index contributed by atoms with van der Waals surface area (Å²) < 4.78 is 35.1. The summed E-state index contributed by atoms with van der Waals surface area (Å²) in [6.45, 7) is 3.73. The molecule has 1 saturated carbocycles. The normalized spacial score (nSPS) is 23.6. The van der Waals surface area contributed by atoms with E-state index in [-0.39, 0.29) is 23.0 Å². The van der Waals surface area contributed by atoms with Crippen LogP contribution in [0.4, 0.5) is 11.6 Å². The number of benzene rings is 2. The van der Waals surface area contributed by atoms with Gasteiger partial charge >= 0.3 is 0 Å². The van der Waals surface area contributed by atoms with Crippen molar-refractivity contribution in [1.82, 2.24) is 23.7 Å². The van der Waals surface area contributed by atoms with E-state index in [1.165, 1.54) is 5.56 Å². The Bertz CT molecular complexity index is 1910. The van der Waals surface area contributed by atoms with Crippen molar-refractivity contribution < 1.29 is 13.5 Å². The second-order valence-corrected chi connectivity index (χ2v) is 19.9. The fourth-order valence-electron chi connectivity index (χ4n) is 8.13. The molecule has 1 aliphatic carbocycles. The molecule has 274 valence electrons. The number of rotatable bonds is 9. The predicted molar refractivity (Wildman–Crippen MR) is 210 cm³/mol. The molecule has 0 amide bonds. The van der Waals surface area contributed by atoms with Crippen LogP contribution in [0.5, 0.6) is 5.75 Å². The molecule has 2 aromatic carbocycles. The van der Waals surface area contributed by atoms with Gasteiger partial charge in [-0.2, -0.15) is 4.98 Å². The summed E-state index contributed by atoms with van der Waals surface area (Å²) in [5, 5.41) is 4.30. The standard InChI is InChI=1S/C39H52N6O4S2/c1-43-21-5-6-34(26-43)49-33-15-11-31(12-16-33)41-39-40-25-30-24-36(38(46)45(37(30)42-39)32-13-17-35(18-14-32)50(2)47)29-9-7-27(8-10-29)28-19-22-44(23-20-28)51(3,4)48/h7-12,15-16,24-25,28,32,34-35,51H,5-6,13-14,17-23,26H2,1-4H3,(H,40,41,42). The molecule has 4 aromatic rings. The van der Waals surface area contributed by atoms with E-state index < -0.39 is 21.3 Å². The number of pyridine rings is 1. The zero-order valence-electron chi connectivity index (χ0n) is 30.3. The third kappa shape index (κ3) is 8.36. The number of anilines is 2. The number of likely N-dealkylation sites (tertiary alicyclic amines) is 1. The highest BCUT2D eigenvalue weighted by molar-refractivity contribution is 7.99. The Balaban J connectivity index is 1.15. The van der Waals surface area contributed by atoms with Crippen molar-refractivity contribution >= 4 is 44.0 Å². The van der Waals surface area contributed by atoms with Gasteiger partial charge in [0.05, 0.1) is 6.26 Å². The van der Waals surface area contributed by atoms with E-state index in [9.17, 15) is 13.6 Å². The van der Waals surface area contributed by atoms with Crippen LogP contribution >= 0.6 is 0 Å². The van der Waals surface area contributed by atoms with Gasteiger partial charge in [0.1, 0.15) is 22.8 Å². The third-order valence-corrected chi connectivity index (χ3v) is 14.3. The maximum Gasteiger partial charge on any atom is 0.260 e. The summed E-state index contributed by atoms with van der Waals surface area (Å²) in [6, 6.07) is 18.2. The smallest absolute Gasteiger partial charge is 0.260 e. The Morgan fingerprint density at radius 1 is 0.941 bits per heavy atom. The van der Waals surface area contributed by atoms with Crippen molar-refractivity contribution in [1.29, 1.82) is 0 Å². The maximum atomic E-state index is 14.5. The van der Waals surface area contributed by atoms with Crippen LogP contribution in [0.2, 0.25) is 0 Å². The second kappa shape index (κ2) is 15.4. The number of nitrogens with one attached hydrogen (secondary N) is 1. The predicted octanol–water partition coefficient (Wildman–Crippen LogP) is 5.91. The SMILES string of the molecule is CN1CCCC(Oc2ccc(Nc3ncc4cc(-c5ccc(C6CCN([SH](C)(C)=O)CC6)cc5)c(=O)n(C5CCC([S+](C)[O-])CC5)c4n3)cc2)C1. The van der Waals surface area contributed by atoms with Gasteiger partial charge in [-0.1, -0.05) is 45.6 Å². The van der Waals surface area contributed by atoms with Crippen molar-refractivity contribution in [2.75, 3.05) is 57.3 Å². The van der Waals surface area contributed by atoms with Crippen LogP contribution in [0.15, 0.2) is 65.6 Å². The number of piperidine rings is 2. The average molecular weight is 733 g/mol. The third-order valence-electron chi connectivity index (χ3n) is 11.1. The number of thiol groups is 1. The zero-order valence-corrected chi connectivity index (χ0v) is 32.0. The van der Waals surface area contributed by atoms with Gasteiger partial charge in [-0.25, -0.2) is 9.29 Å². The first-order valence-corrected chi connectivity index (χ1v) is 22.6. The molecule has 3 aliphatic rings. The molecule has 3 fully saturated rings. The molecular weight excluding hydrogens is 681 g/mol. The fraction of sp³-hybridized carbons (Fsp3) is 0.513. The highest BCUT2D eigenvalue weighted by Crippen LogP contribution is 2.35. The van der Waals surface area contributed by atoms with Crippen molar-refractivity contribution in [2.24, 2.45) is 0 Å². The lowest BCUT2D eigenvalue weighted by Crippen LogP contribution is -2.40. The van der Waals surface area contributed by atoms with Gasteiger partial charge < -0.3 is 19.5 Å². The van der Waals surface area contributed by atoms with Gasteiger partial charge in [-0.3, -0.25) is 13.6 Å². The first-order chi connectivity index (χ1) is 24.5. The van der Waals surface area contributed by atoms with Crippen LogP contribution in [0, 0.1) is 0 Å². The lowest BCUT2D eigenvalue weighted by molar-refractivity contribution is 0.104. The lowest BCUT2D eigenvalue weighted by atomic mass is 9.89. The van der Waals surface area contributed by atoms with Gasteiger partial charge in [0.2, 0.25) is 5.95 Å². The molecule has 0 spiro atoms. The number of hydrogen-bond acceptors (Lipinski definition) is 8. The lowest BCUT2D eigenvalue weighted by Gasteiger charge is -2.37. The summed E-state index contributed by atoms with van der Waals surface area (Å²) in [5.74, 6) is 1.68. The number of aromatic nitrogens is 3. The molecule has 2 aromatic heterocycles. The molecule has 7 rings (SSSR count). The minimum atomic E-state index is -2.23. The molecular formula is C39H52N6O4S2. The first kappa shape index (κ1) is 36.1. The van der Waals surface area contributed by atoms with Crippen molar-refractivity contribution in [3.05, 3.63) is 76.7 Å². The highest BCUT2D eigenvalue weighted by atomic mass is 32.3. The topological polar surface area (TPSA) is 116 Å². The van der Waals surface area contributed by atoms with Crippen LogP contribution in [-0.2, 0) is 21.3 Å². The number of ether oxygens (including phenoxy) is 1. The van der Waals surface area contributed by atoms with Crippen LogP contribution in [0.25, 0.3) is 22.2 Å². The van der Waals surface area contributed by atoms with E-state index in [1.54, 1.807) is 12.5 Å². The molecule has 2 atom stereocenters. The molecule has 2 saturated heterocycles. The Morgan fingerprint density at radius 2 is 1.65 bits per heavy atom. The average Bonchev–Trinajstić information content (AvgIpc) is 3.12. The van der Waals surface area contributed by atoms with E-state index in [0.29, 0.717) is 23.1 Å². The quantitative estimate of drug-likeness (QED) is 0.161. The van der Waals surface area contributed by atoms with Crippen molar-refractivity contribution in [3.63, 3.8) is 0 Å². The van der Waals surface area contributed by atoms with Crippen LogP contribution in [-0.4, -0.2) is 95.8 Å². The molecule has 0 bridgehead atoms. The Morgan fingerprint density at radius 3 is 2.29 bits per heavy atom. The second-order valence-electron chi connectivity index (χ2n) is 15.1. The van der Waals surface area contributed by atoms with E-state index in [2.05, 4.69) is 50.8 Å². The first-order valence-electron chi connectivity index (χ1n) is 18.4. The van der Waals surface area contributed by atoms with Gasteiger partial charge in [0.25, 0.3) is 5.56 Å². The van der Waals surface area contributed by atoms with Crippen molar-refractivity contribution in [3.8, 4) is 16.9 Å². The highest BCUT2D eigenvalue weighted by Gasteiger charge is 2.30. The summed E-state index contributed by atoms with van der Waals surface area (Å²) in [5.41, 5.74) is 4.14. The number of likely N-dealkylation sites (N-methyl/N-ethyl adjacent to an activating group) is 1. The van der Waals surface area contributed by atoms with E-state index in [1.807, 2.05) is 47.4 Å². The Hall–Kier alpha value is -3.29. The summed E-state index contributed by atoms with van der Waals surface area (Å²) >= 11 is -0.884. The molecule has 51 heavy (non-hydrogen) atoms. The van der Waals surface area contributed by atoms with E-state index in [4.69, 9.17) is 9.72 Å². The van der Waals surface area contributed by atoms with Crippen molar-refractivity contribution in [2.45, 2.75) is 74.7 Å². The molecule has 2 aliphatic heterocycles. The molecule has 4 heterocycles. The number of fused-ring (bicyclic) bond motifs is 1. The molecule has 2 unspecified atom stereocenters. The Kier molecular flexibility index (Phi) is 10.9. The summed E-state index contributed by atoms with van der Waals surface area (Å²) in [6.07, 6.45) is 14.8. The number of nitrogens with zero attached hydrogens (tertiary/aromatic N) is 5. The van der Waals surface area contributed by atoms with Crippen LogP contribution in [0.3, 0.4) is 0 Å². The van der Waals surface area contributed by atoms with Crippen LogP contribution in [0.1, 0.15) is 68.9 Å². The van der Waals surface area contributed by atoms with Gasteiger partial charge in [-0.15, -0.1) is 0 Å². The Labute approximate surface area is 305 Å². The number of hydrogen-bond donors (Lipinski definition) is 2. The molecule has 12 heteroatoms. The van der Waals surface area contributed by atoms with Crippen LogP contribution < -0.4 is 15.6 Å². The minimum absolute atomic E-state index is 0.0460. The minimum Gasteiger partial charge on any atom is -0.616 e. The maximum absolute atomic E-state index is 14.5. The molecule has 1 N–H and O–H groups in total. The molecule has 0 radical (unpaired) electrons. The molecule has 10 nitrogen and oxygen atoms in total.